The van der Waals surface area contributed by atoms with Gasteiger partial charge in [-0.2, -0.15) is 0 Å². The molecule has 8 heteroatoms. The maximum atomic E-state index is 13.0. The molecule has 0 radical (unpaired) electrons. The number of amides is 2. The number of nitrogens with zero attached hydrogens (tertiary/aromatic N) is 3. The number of hydrogen-bond acceptors (Lipinski definition) is 4. The van der Waals surface area contributed by atoms with Crippen LogP contribution in [0.2, 0.25) is 5.02 Å². The van der Waals surface area contributed by atoms with Crippen LogP contribution in [0.4, 0.5) is 11.6 Å². The zero-order valence-corrected chi connectivity index (χ0v) is 16.0. The molecule has 3 aromatic rings. The molecule has 7 nitrogen and oxygen atoms in total. The number of para-hydroxylation sites is 2. The number of nitrogens with one attached hydrogen (secondary N) is 1. The summed E-state index contributed by atoms with van der Waals surface area (Å²) < 4.78 is 6.96. The highest BCUT2D eigenvalue weighted by atomic mass is 35.5. The fourth-order valence-corrected chi connectivity index (χ4v) is 3.63. The summed E-state index contributed by atoms with van der Waals surface area (Å²) in [5, 5.41) is 3.34. The summed E-state index contributed by atoms with van der Waals surface area (Å²) >= 11 is 5.97. The highest BCUT2D eigenvalue weighted by Gasteiger charge is 2.40. The van der Waals surface area contributed by atoms with Gasteiger partial charge in [-0.3, -0.25) is 19.1 Å². The van der Waals surface area contributed by atoms with Crippen molar-refractivity contribution in [1.29, 1.82) is 0 Å². The Morgan fingerprint density at radius 3 is 2.86 bits per heavy atom. The second-order valence-corrected chi connectivity index (χ2v) is 6.97. The molecule has 0 bridgehead atoms. The second kappa shape index (κ2) is 7.61. The Morgan fingerprint density at radius 1 is 1.25 bits per heavy atom. The van der Waals surface area contributed by atoms with Gasteiger partial charge in [0.05, 0.1) is 30.6 Å². The van der Waals surface area contributed by atoms with E-state index in [2.05, 4.69) is 10.3 Å². The van der Waals surface area contributed by atoms with Crippen LogP contribution in [0.1, 0.15) is 12.5 Å². The third-order valence-electron chi connectivity index (χ3n) is 4.69. The predicted octanol–water partition coefficient (Wildman–Crippen LogP) is 3.25. The van der Waals surface area contributed by atoms with Crippen molar-refractivity contribution in [1.82, 2.24) is 9.55 Å². The van der Waals surface area contributed by atoms with Crippen molar-refractivity contribution in [3.05, 3.63) is 53.6 Å². The first kappa shape index (κ1) is 18.5. The summed E-state index contributed by atoms with van der Waals surface area (Å²) in [6.45, 7) is 0.765. The van der Waals surface area contributed by atoms with E-state index in [0.717, 1.165) is 11.0 Å². The van der Waals surface area contributed by atoms with Crippen molar-refractivity contribution in [3.63, 3.8) is 0 Å². The number of anilines is 2. The minimum absolute atomic E-state index is 0.00217. The molecule has 0 saturated carbocycles. The van der Waals surface area contributed by atoms with Crippen molar-refractivity contribution < 1.29 is 14.3 Å². The van der Waals surface area contributed by atoms with Gasteiger partial charge in [-0.05, 0) is 30.3 Å². The Hall–Kier alpha value is -2.90. The number of imidazole rings is 1. The predicted molar refractivity (Wildman–Crippen MR) is 108 cm³/mol. The highest BCUT2D eigenvalue weighted by Crippen LogP contribution is 2.36. The van der Waals surface area contributed by atoms with E-state index >= 15 is 0 Å². The van der Waals surface area contributed by atoms with Crippen molar-refractivity contribution in [2.24, 2.45) is 0 Å². The number of carbonyl (C=O) groups is 2. The first-order chi connectivity index (χ1) is 13.6. The zero-order valence-electron chi connectivity index (χ0n) is 15.3. The van der Waals surface area contributed by atoms with E-state index in [-0.39, 0.29) is 18.2 Å². The third kappa shape index (κ3) is 3.34. The van der Waals surface area contributed by atoms with Crippen molar-refractivity contribution >= 4 is 46.1 Å². The smallest absolute Gasteiger partial charge is 0.253 e. The Labute approximate surface area is 166 Å². The fourth-order valence-electron chi connectivity index (χ4n) is 3.44. The van der Waals surface area contributed by atoms with Crippen LogP contribution in [0, 0.1) is 0 Å². The van der Waals surface area contributed by atoms with E-state index in [9.17, 15) is 9.59 Å². The average molecular weight is 399 g/mol. The Bertz CT molecular complexity index is 1050. The summed E-state index contributed by atoms with van der Waals surface area (Å²) in [6.07, 6.45) is 0.00217. The molecule has 1 aromatic heterocycles. The zero-order chi connectivity index (χ0) is 19.7. The highest BCUT2D eigenvalue weighted by molar-refractivity contribution is 6.30. The van der Waals surface area contributed by atoms with Gasteiger partial charge in [-0.15, -0.1) is 0 Å². The lowest BCUT2D eigenvalue weighted by Crippen LogP contribution is -2.33. The first-order valence-electron chi connectivity index (χ1n) is 8.91. The molecule has 2 heterocycles. The van der Waals surface area contributed by atoms with Crippen LogP contribution in [-0.4, -0.2) is 41.6 Å². The molecule has 0 aliphatic carbocycles. The van der Waals surface area contributed by atoms with Crippen LogP contribution in [0.25, 0.3) is 11.0 Å². The molecule has 1 atom stereocenters. The topological polar surface area (TPSA) is 76.5 Å². The molecule has 0 saturated heterocycles. The molecular formula is C20H19ClN4O3. The van der Waals surface area contributed by atoms with Gasteiger partial charge < -0.3 is 10.1 Å². The largest absolute Gasteiger partial charge is 0.383 e. The molecule has 0 fully saturated rings. The molecular weight excluding hydrogens is 380 g/mol. The standard InChI is InChI=1S/C20H19ClN4O3/c1-28-10-9-24-19(27)17(12-18(26)22-14-6-4-5-13(21)11-14)25-16-8-3-2-7-15(16)23-20(24)25/h2-8,11,17H,9-10,12H2,1H3,(H,22,26)/t17-/m1/s1. The van der Waals surface area contributed by atoms with E-state index in [1.165, 1.54) is 0 Å². The quantitative estimate of drug-likeness (QED) is 0.691. The number of aromatic nitrogens is 2. The lowest BCUT2D eigenvalue weighted by molar-refractivity contribution is -0.124. The Balaban J connectivity index is 1.63. The summed E-state index contributed by atoms with van der Waals surface area (Å²) in [4.78, 5) is 31.8. The minimum Gasteiger partial charge on any atom is -0.383 e. The van der Waals surface area contributed by atoms with Gasteiger partial charge in [0.2, 0.25) is 11.9 Å². The second-order valence-electron chi connectivity index (χ2n) is 6.53. The Kier molecular flexibility index (Phi) is 5.02. The lowest BCUT2D eigenvalue weighted by Gasteiger charge is -2.15. The van der Waals surface area contributed by atoms with Gasteiger partial charge in [0, 0.05) is 17.8 Å². The van der Waals surface area contributed by atoms with E-state index in [1.807, 2.05) is 28.8 Å². The minimum atomic E-state index is -0.654. The number of fused-ring (bicyclic) bond motifs is 3. The summed E-state index contributed by atoms with van der Waals surface area (Å²) in [6, 6.07) is 13.8. The molecule has 28 heavy (non-hydrogen) atoms. The van der Waals surface area contributed by atoms with Crippen molar-refractivity contribution in [2.45, 2.75) is 12.5 Å². The van der Waals surface area contributed by atoms with Crippen LogP contribution in [0.15, 0.2) is 48.5 Å². The van der Waals surface area contributed by atoms with Gasteiger partial charge in [0.1, 0.15) is 6.04 Å². The molecule has 1 aliphatic heterocycles. The number of halogens is 1. The summed E-state index contributed by atoms with van der Waals surface area (Å²) in [5.41, 5.74) is 2.20. The van der Waals surface area contributed by atoms with E-state index in [1.54, 1.807) is 36.3 Å². The van der Waals surface area contributed by atoms with Crippen molar-refractivity contribution in [2.75, 3.05) is 30.5 Å². The van der Waals surface area contributed by atoms with Crippen LogP contribution < -0.4 is 10.2 Å². The van der Waals surface area contributed by atoms with Gasteiger partial charge >= 0.3 is 0 Å². The van der Waals surface area contributed by atoms with E-state index < -0.39 is 6.04 Å². The monoisotopic (exact) mass is 398 g/mol. The Morgan fingerprint density at radius 2 is 2.07 bits per heavy atom. The van der Waals surface area contributed by atoms with Gasteiger partial charge in [0.25, 0.3) is 5.91 Å². The number of methoxy groups -OCH3 is 1. The van der Waals surface area contributed by atoms with Gasteiger partial charge in [0.15, 0.2) is 0 Å². The number of rotatable bonds is 6. The first-order valence-corrected chi connectivity index (χ1v) is 9.29. The number of benzene rings is 2. The van der Waals surface area contributed by atoms with Crippen LogP contribution in [0.3, 0.4) is 0 Å². The fraction of sp³-hybridized carbons (Fsp3) is 0.250. The SMILES string of the molecule is COCCN1C(=O)[C@@H](CC(=O)Nc2cccc(Cl)c2)n2c1nc1ccccc12. The average Bonchev–Trinajstić information content (AvgIpc) is 3.16. The molecule has 0 unspecified atom stereocenters. The maximum absolute atomic E-state index is 13.0. The van der Waals surface area contributed by atoms with Gasteiger partial charge in [-0.25, -0.2) is 4.98 Å². The summed E-state index contributed by atoms with van der Waals surface area (Å²) in [5.74, 6) is 0.119. The van der Waals surface area contributed by atoms with Crippen LogP contribution in [0.5, 0.6) is 0 Å². The number of carbonyl (C=O) groups excluding carboxylic acids is 2. The van der Waals surface area contributed by atoms with E-state index in [4.69, 9.17) is 16.3 Å². The molecule has 2 aromatic carbocycles. The van der Waals surface area contributed by atoms with Crippen molar-refractivity contribution in [3.8, 4) is 0 Å². The molecule has 4 rings (SSSR count). The van der Waals surface area contributed by atoms with Crippen LogP contribution in [-0.2, 0) is 14.3 Å². The third-order valence-corrected chi connectivity index (χ3v) is 4.92. The molecule has 1 aliphatic rings. The van der Waals surface area contributed by atoms with Gasteiger partial charge in [-0.1, -0.05) is 29.8 Å². The number of ether oxygens (including phenoxy) is 1. The molecule has 1 N–H and O–H groups in total. The molecule has 144 valence electrons. The number of hydrogen-bond donors (Lipinski definition) is 1. The maximum Gasteiger partial charge on any atom is 0.253 e. The molecule has 0 spiro atoms. The molecule has 2 amide bonds. The normalized spacial score (nSPS) is 15.9. The lowest BCUT2D eigenvalue weighted by atomic mass is 10.1. The van der Waals surface area contributed by atoms with E-state index in [0.29, 0.717) is 29.8 Å². The summed E-state index contributed by atoms with van der Waals surface area (Å²) in [7, 11) is 1.58. The van der Waals surface area contributed by atoms with Crippen LogP contribution >= 0.6 is 11.6 Å².